The maximum atomic E-state index is 13.6. The van der Waals surface area contributed by atoms with Crippen molar-refractivity contribution < 1.29 is 31.5 Å². The van der Waals surface area contributed by atoms with Crippen LogP contribution in [0.4, 0.5) is 8.78 Å². The van der Waals surface area contributed by atoms with E-state index in [2.05, 4.69) is 5.32 Å². The van der Waals surface area contributed by atoms with Crippen LogP contribution in [0.2, 0.25) is 0 Å². The Hall–Kier alpha value is -3.01. The Labute approximate surface area is 179 Å². The van der Waals surface area contributed by atoms with E-state index in [1.54, 1.807) is 19.2 Å². The first kappa shape index (κ1) is 24.3. The molecule has 0 aliphatic heterocycles. The molecule has 0 saturated carbocycles. The van der Waals surface area contributed by atoms with Gasteiger partial charge in [-0.15, -0.1) is 0 Å². The highest BCUT2D eigenvalue weighted by Crippen LogP contribution is 2.17. The summed E-state index contributed by atoms with van der Waals surface area (Å²) in [7, 11) is -1.71. The van der Waals surface area contributed by atoms with Crippen LogP contribution in [0.1, 0.15) is 23.2 Å². The van der Waals surface area contributed by atoms with Gasteiger partial charge in [0.25, 0.3) is 5.91 Å². The van der Waals surface area contributed by atoms with E-state index in [-0.39, 0.29) is 35.9 Å². The van der Waals surface area contributed by atoms with Gasteiger partial charge in [0, 0.05) is 38.9 Å². The molecule has 0 spiro atoms. The lowest BCUT2D eigenvalue weighted by atomic mass is 10.2. The lowest BCUT2D eigenvalue weighted by Gasteiger charge is -2.17. The molecule has 2 amide bonds. The van der Waals surface area contributed by atoms with E-state index < -0.39 is 27.4 Å². The smallest absolute Gasteiger partial charge is 0.254 e. The highest BCUT2D eigenvalue weighted by molar-refractivity contribution is 7.90. The Morgan fingerprint density at radius 2 is 1.87 bits per heavy atom. The Bertz CT molecular complexity index is 1040. The highest BCUT2D eigenvalue weighted by atomic mass is 32.2. The fraction of sp³-hybridized carbons (Fsp3) is 0.333. The van der Waals surface area contributed by atoms with E-state index in [0.717, 1.165) is 18.4 Å². The van der Waals surface area contributed by atoms with Gasteiger partial charge in [0.2, 0.25) is 5.91 Å². The van der Waals surface area contributed by atoms with Gasteiger partial charge in [-0.05, 0) is 36.8 Å². The minimum absolute atomic E-state index is 0.00755. The second-order valence-corrected chi connectivity index (χ2v) is 8.91. The molecule has 31 heavy (non-hydrogen) atoms. The van der Waals surface area contributed by atoms with Crippen molar-refractivity contribution in [2.24, 2.45) is 0 Å². The van der Waals surface area contributed by atoms with Crippen LogP contribution in [-0.2, 0) is 14.6 Å². The van der Waals surface area contributed by atoms with Crippen molar-refractivity contribution in [2.75, 3.05) is 33.0 Å². The minimum Gasteiger partial charge on any atom is -0.493 e. The second kappa shape index (κ2) is 10.9. The summed E-state index contributed by atoms with van der Waals surface area (Å²) in [6, 6.07) is 8.81. The molecule has 0 unspecified atom stereocenters. The Kier molecular flexibility index (Phi) is 8.49. The quantitative estimate of drug-likeness (QED) is 0.557. The second-order valence-electron chi connectivity index (χ2n) is 6.89. The van der Waals surface area contributed by atoms with Gasteiger partial charge in [-0.3, -0.25) is 9.59 Å². The summed E-state index contributed by atoms with van der Waals surface area (Å²) in [6.07, 6.45) is 1.64. The number of carbonyl (C=O) groups is 2. The summed E-state index contributed by atoms with van der Waals surface area (Å²) in [5, 5.41) is 2.43. The number of benzene rings is 2. The molecule has 0 aliphatic rings. The average molecular weight is 454 g/mol. The van der Waals surface area contributed by atoms with Crippen molar-refractivity contribution in [1.82, 2.24) is 10.2 Å². The van der Waals surface area contributed by atoms with E-state index in [9.17, 15) is 26.8 Å². The van der Waals surface area contributed by atoms with E-state index in [0.29, 0.717) is 24.8 Å². The normalized spacial score (nSPS) is 11.1. The average Bonchev–Trinajstić information content (AvgIpc) is 2.70. The van der Waals surface area contributed by atoms with Crippen LogP contribution in [0, 0.1) is 11.6 Å². The molecular weight excluding hydrogens is 430 g/mol. The first-order valence-corrected chi connectivity index (χ1v) is 11.4. The zero-order chi connectivity index (χ0) is 23.0. The fourth-order valence-corrected chi connectivity index (χ4v) is 3.31. The van der Waals surface area contributed by atoms with Gasteiger partial charge < -0.3 is 15.0 Å². The molecule has 0 aliphatic carbocycles. The number of ether oxygens (including phenoxy) is 1. The number of sulfone groups is 1. The number of hydrogen-bond donors (Lipinski definition) is 1. The first-order chi connectivity index (χ1) is 14.6. The number of rotatable bonds is 10. The van der Waals surface area contributed by atoms with Gasteiger partial charge >= 0.3 is 0 Å². The molecule has 168 valence electrons. The predicted molar refractivity (Wildman–Crippen MR) is 111 cm³/mol. The third-order valence-corrected chi connectivity index (χ3v) is 5.48. The third-order valence-electron chi connectivity index (χ3n) is 4.37. The lowest BCUT2D eigenvalue weighted by Crippen LogP contribution is -2.33. The molecule has 0 aromatic heterocycles. The molecule has 0 atom stereocenters. The molecule has 2 rings (SSSR count). The molecule has 0 fully saturated rings. The molecule has 0 radical (unpaired) electrons. The van der Waals surface area contributed by atoms with Gasteiger partial charge in [-0.2, -0.15) is 0 Å². The maximum absolute atomic E-state index is 13.6. The largest absolute Gasteiger partial charge is 0.493 e. The van der Waals surface area contributed by atoms with Crippen molar-refractivity contribution >= 4 is 21.7 Å². The predicted octanol–water partition coefficient (Wildman–Crippen LogP) is 2.42. The summed E-state index contributed by atoms with van der Waals surface area (Å²) in [5.41, 5.74) is -0.292. The van der Waals surface area contributed by atoms with E-state index in [1.165, 1.54) is 17.0 Å². The summed E-state index contributed by atoms with van der Waals surface area (Å²) in [4.78, 5) is 25.7. The minimum atomic E-state index is -3.32. The zero-order valence-corrected chi connectivity index (χ0v) is 18.0. The summed E-state index contributed by atoms with van der Waals surface area (Å²) >= 11 is 0. The van der Waals surface area contributed by atoms with E-state index in [4.69, 9.17) is 4.74 Å². The van der Waals surface area contributed by atoms with Gasteiger partial charge in [0.15, 0.2) is 9.84 Å². The molecule has 2 aromatic carbocycles. The summed E-state index contributed by atoms with van der Waals surface area (Å²) in [6.45, 7) is 0.685. The Morgan fingerprint density at radius 1 is 1.13 bits per heavy atom. The van der Waals surface area contributed by atoms with E-state index in [1.807, 2.05) is 0 Å². The molecule has 0 heterocycles. The van der Waals surface area contributed by atoms with Gasteiger partial charge in [0.05, 0.1) is 17.1 Å². The van der Waals surface area contributed by atoms with Crippen LogP contribution in [0.25, 0.3) is 0 Å². The molecule has 0 saturated heterocycles. The van der Waals surface area contributed by atoms with Gasteiger partial charge in [-0.1, -0.05) is 6.07 Å². The van der Waals surface area contributed by atoms with Crippen LogP contribution >= 0.6 is 0 Å². The molecule has 10 heteroatoms. The number of halogens is 2. The molecule has 1 N–H and O–H groups in total. The van der Waals surface area contributed by atoms with Crippen LogP contribution in [0.3, 0.4) is 0 Å². The van der Waals surface area contributed by atoms with Crippen molar-refractivity contribution in [2.45, 2.75) is 17.7 Å². The number of carbonyl (C=O) groups excluding carboxylic acids is 2. The Morgan fingerprint density at radius 3 is 2.55 bits per heavy atom. The SMILES string of the molecule is CN(CCCOc1cccc(S(C)(=O)=O)c1)C(=O)CCNC(=O)c1ccc(F)cc1F. The van der Waals surface area contributed by atoms with Gasteiger partial charge in [-0.25, -0.2) is 17.2 Å². The standard InChI is InChI=1S/C21H24F2N2O5S/c1-25(11-4-12-30-16-5-3-6-17(14-16)31(2,28)29)20(26)9-10-24-21(27)18-8-7-15(22)13-19(18)23/h3,5-8,13-14H,4,9-12H2,1-2H3,(H,24,27). The fourth-order valence-electron chi connectivity index (χ4n) is 2.65. The highest BCUT2D eigenvalue weighted by Gasteiger charge is 2.14. The van der Waals surface area contributed by atoms with Crippen LogP contribution < -0.4 is 10.1 Å². The number of nitrogens with zero attached hydrogens (tertiary/aromatic N) is 1. The van der Waals surface area contributed by atoms with Crippen molar-refractivity contribution in [3.05, 3.63) is 59.7 Å². The van der Waals surface area contributed by atoms with Crippen LogP contribution in [0.15, 0.2) is 47.4 Å². The Balaban J connectivity index is 1.70. The molecule has 0 bridgehead atoms. The molecule has 7 nitrogen and oxygen atoms in total. The lowest BCUT2D eigenvalue weighted by molar-refractivity contribution is -0.129. The molecule has 2 aromatic rings. The van der Waals surface area contributed by atoms with Crippen molar-refractivity contribution in [3.63, 3.8) is 0 Å². The monoisotopic (exact) mass is 454 g/mol. The third kappa shape index (κ3) is 7.63. The number of hydrogen-bond acceptors (Lipinski definition) is 5. The van der Waals surface area contributed by atoms with Crippen LogP contribution in [-0.4, -0.2) is 58.1 Å². The van der Waals surface area contributed by atoms with Crippen molar-refractivity contribution in [3.8, 4) is 5.75 Å². The number of amides is 2. The number of nitrogens with one attached hydrogen (secondary N) is 1. The molecular formula is C21H24F2N2O5S. The first-order valence-electron chi connectivity index (χ1n) is 9.48. The zero-order valence-electron chi connectivity index (χ0n) is 17.2. The van der Waals surface area contributed by atoms with Crippen molar-refractivity contribution in [1.29, 1.82) is 0 Å². The van der Waals surface area contributed by atoms with Gasteiger partial charge in [0.1, 0.15) is 17.4 Å². The maximum Gasteiger partial charge on any atom is 0.254 e. The van der Waals surface area contributed by atoms with E-state index >= 15 is 0 Å². The summed E-state index contributed by atoms with van der Waals surface area (Å²) < 4.78 is 55.1. The summed E-state index contributed by atoms with van der Waals surface area (Å²) in [5.74, 6) is -2.27. The topological polar surface area (TPSA) is 92.8 Å². The van der Waals surface area contributed by atoms with Crippen LogP contribution in [0.5, 0.6) is 5.75 Å².